The molecule has 0 aliphatic heterocycles. The van der Waals surface area contributed by atoms with E-state index >= 15 is 0 Å². The average molecular weight is 473 g/mol. The smallest absolute Gasteiger partial charge is 0.269 e. The molecule has 0 aliphatic carbocycles. The monoisotopic (exact) mass is 472 g/mol. The fraction of sp³-hybridized carbons (Fsp3) is 0.400. The molecule has 7 heteroatoms. The number of thiazole rings is 1. The summed E-state index contributed by atoms with van der Waals surface area (Å²) < 4.78 is 2.40. The SMILES string of the molecule is C=C(C)CN(CC)C(=O)Cn1c(=O)/c(=C\c2ccc(SC)cc2)s/c1=C\C(=O)C(C)(C)C. The van der Waals surface area contributed by atoms with Crippen LogP contribution >= 0.6 is 23.1 Å². The van der Waals surface area contributed by atoms with Crippen molar-refractivity contribution in [1.29, 1.82) is 0 Å². The van der Waals surface area contributed by atoms with Crippen LogP contribution in [0.5, 0.6) is 0 Å². The summed E-state index contributed by atoms with van der Waals surface area (Å²) in [7, 11) is 0. The van der Waals surface area contributed by atoms with E-state index in [1.165, 1.54) is 22.0 Å². The summed E-state index contributed by atoms with van der Waals surface area (Å²) in [6.07, 6.45) is 5.31. The molecule has 0 radical (unpaired) electrons. The minimum Gasteiger partial charge on any atom is -0.337 e. The Hall–Kier alpha value is -2.38. The first-order valence-electron chi connectivity index (χ1n) is 10.5. The molecule has 0 saturated carbocycles. The molecule has 172 valence electrons. The van der Waals surface area contributed by atoms with Gasteiger partial charge < -0.3 is 4.90 Å². The van der Waals surface area contributed by atoms with E-state index in [1.807, 2.05) is 71.2 Å². The van der Waals surface area contributed by atoms with Crippen LogP contribution in [0.3, 0.4) is 0 Å². The van der Waals surface area contributed by atoms with Gasteiger partial charge in [-0.2, -0.15) is 0 Å². The molecule has 0 saturated heterocycles. The van der Waals surface area contributed by atoms with Crippen LogP contribution in [0.4, 0.5) is 0 Å². The number of thioether (sulfide) groups is 1. The van der Waals surface area contributed by atoms with Crippen molar-refractivity contribution in [2.75, 3.05) is 19.3 Å². The van der Waals surface area contributed by atoms with E-state index in [9.17, 15) is 14.4 Å². The van der Waals surface area contributed by atoms with Crippen molar-refractivity contribution in [3.05, 3.63) is 61.5 Å². The third kappa shape index (κ3) is 6.81. The minimum absolute atomic E-state index is 0.0925. The van der Waals surface area contributed by atoms with Crippen LogP contribution in [0.25, 0.3) is 12.2 Å². The lowest BCUT2D eigenvalue weighted by molar-refractivity contribution is -0.131. The summed E-state index contributed by atoms with van der Waals surface area (Å²) in [6, 6.07) is 7.91. The zero-order valence-electron chi connectivity index (χ0n) is 19.7. The summed E-state index contributed by atoms with van der Waals surface area (Å²) in [5.41, 5.74) is 0.916. The highest BCUT2D eigenvalue weighted by molar-refractivity contribution is 7.98. The van der Waals surface area contributed by atoms with Crippen molar-refractivity contribution in [3.8, 4) is 0 Å². The van der Waals surface area contributed by atoms with Gasteiger partial charge in [0.15, 0.2) is 5.78 Å². The number of rotatable bonds is 8. The second-order valence-electron chi connectivity index (χ2n) is 8.74. The van der Waals surface area contributed by atoms with Crippen LogP contribution in [0.2, 0.25) is 0 Å². The predicted octanol–water partition coefficient (Wildman–Crippen LogP) is 3.28. The second kappa shape index (κ2) is 11.0. The molecule has 0 atom stereocenters. The van der Waals surface area contributed by atoms with E-state index in [1.54, 1.807) is 16.7 Å². The van der Waals surface area contributed by atoms with Crippen LogP contribution < -0.4 is 14.8 Å². The number of hydrogen-bond donors (Lipinski definition) is 0. The lowest BCUT2D eigenvalue weighted by atomic mass is 9.91. The molecule has 1 amide bonds. The minimum atomic E-state index is -0.582. The number of aromatic nitrogens is 1. The number of Topliss-reactive ketones (excluding diaryl/α,β-unsaturated/α-hetero) is 1. The molecule has 0 bridgehead atoms. The number of benzene rings is 1. The van der Waals surface area contributed by atoms with Gasteiger partial charge in [-0.25, -0.2) is 0 Å². The van der Waals surface area contributed by atoms with E-state index in [2.05, 4.69) is 6.58 Å². The van der Waals surface area contributed by atoms with E-state index < -0.39 is 5.41 Å². The topological polar surface area (TPSA) is 59.4 Å². The van der Waals surface area contributed by atoms with Gasteiger partial charge in [-0.3, -0.25) is 19.0 Å². The first-order valence-corrected chi connectivity index (χ1v) is 12.5. The lowest BCUT2D eigenvalue weighted by Crippen LogP contribution is -2.41. The van der Waals surface area contributed by atoms with Crippen molar-refractivity contribution in [2.24, 2.45) is 5.41 Å². The molecule has 0 aliphatic rings. The summed E-state index contributed by atoms with van der Waals surface area (Å²) >= 11 is 2.89. The number of likely N-dealkylation sites (N-methyl/N-ethyl adjacent to an activating group) is 1. The molecule has 0 spiro atoms. The maximum Gasteiger partial charge on any atom is 0.269 e. The van der Waals surface area contributed by atoms with Crippen LogP contribution in [0, 0.1) is 5.41 Å². The van der Waals surface area contributed by atoms with Crippen LogP contribution in [0.15, 0.2) is 46.1 Å². The molecule has 1 aromatic heterocycles. The van der Waals surface area contributed by atoms with Gasteiger partial charge in [-0.15, -0.1) is 23.1 Å². The summed E-state index contributed by atoms with van der Waals surface area (Å²) in [5, 5.41) is 0. The Kier molecular flexibility index (Phi) is 8.87. The molecule has 1 heterocycles. The zero-order chi connectivity index (χ0) is 24.1. The normalized spacial score (nSPS) is 12.8. The van der Waals surface area contributed by atoms with Crippen LogP contribution in [0.1, 0.15) is 40.2 Å². The molecule has 0 N–H and O–H groups in total. The Bertz CT molecular complexity index is 1170. The highest BCUT2D eigenvalue weighted by atomic mass is 32.2. The van der Waals surface area contributed by atoms with Gasteiger partial charge in [-0.1, -0.05) is 45.1 Å². The number of carbonyl (C=O) groups is 2. The van der Waals surface area contributed by atoms with Crippen molar-refractivity contribution >= 4 is 46.9 Å². The maximum atomic E-state index is 13.2. The second-order valence-corrected chi connectivity index (χ2v) is 10.7. The number of ketones is 1. The molecular weight excluding hydrogens is 440 g/mol. The van der Waals surface area contributed by atoms with Gasteiger partial charge in [-0.05, 0) is 43.9 Å². The molecule has 1 aromatic carbocycles. The molecule has 2 aromatic rings. The van der Waals surface area contributed by atoms with Gasteiger partial charge in [0, 0.05) is 29.5 Å². The van der Waals surface area contributed by atoms with Crippen molar-refractivity contribution in [3.63, 3.8) is 0 Å². The fourth-order valence-electron chi connectivity index (χ4n) is 2.91. The molecule has 2 rings (SSSR count). The summed E-state index contributed by atoms with van der Waals surface area (Å²) in [4.78, 5) is 41.6. The Balaban J connectivity index is 2.59. The van der Waals surface area contributed by atoms with Gasteiger partial charge in [0.2, 0.25) is 5.91 Å². The number of nitrogens with zero attached hydrogens (tertiary/aromatic N) is 2. The molecule has 32 heavy (non-hydrogen) atoms. The third-order valence-electron chi connectivity index (χ3n) is 4.83. The third-order valence-corrected chi connectivity index (χ3v) is 6.64. The Labute approximate surface area is 198 Å². The first-order chi connectivity index (χ1) is 15.0. The molecule has 0 fully saturated rings. The largest absolute Gasteiger partial charge is 0.337 e. The van der Waals surface area contributed by atoms with Crippen molar-refractivity contribution in [1.82, 2.24) is 9.47 Å². The number of hydrogen-bond acceptors (Lipinski definition) is 5. The maximum absolute atomic E-state index is 13.2. The zero-order valence-corrected chi connectivity index (χ0v) is 21.4. The molecule has 5 nitrogen and oxygen atoms in total. The lowest BCUT2D eigenvalue weighted by Gasteiger charge is -2.21. The van der Waals surface area contributed by atoms with Gasteiger partial charge in [0.25, 0.3) is 5.56 Å². The predicted molar refractivity (Wildman–Crippen MR) is 136 cm³/mol. The van der Waals surface area contributed by atoms with Gasteiger partial charge in [0.1, 0.15) is 11.2 Å². The Morgan fingerprint density at radius 3 is 2.34 bits per heavy atom. The Morgan fingerprint density at radius 1 is 1.22 bits per heavy atom. The van der Waals surface area contributed by atoms with Crippen molar-refractivity contribution < 1.29 is 9.59 Å². The van der Waals surface area contributed by atoms with Crippen LogP contribution in [-0.2, 0) is 16.1 Å². The highest BCUT2D eigenvalue weighted by Gasteiger charge is 2.21. The summed E-state index contributed by atoms with van der Waals surface area (Å²) in [5.74, 6) is -0.269. The molecule has 0 unspecified atom stereocenters. The summed E-state index contributed by atoms with van der Waals surface area (Å²) in [6.45, 7) is 14.0. The molecular formula is C25H32N2O3S2. The standard InChI is InChI=1S/C25H32N2O3S2/c1-8-26(15-17(2)3)22(29)16-27-23(14-21(28)25(4,5)6)32-20(24(27)30)13-18-9-11-19(31-7)12-10-18/h9-14H,2,8,15-16H2,1,3-7H3/b20-13+,23-14-. The number of carbonyl (C=O) groups excluding carboxylic acids is 2. The Morgan fingerprint density at radius 2 is 1.84 bits per heavy atom. The fourth-order valence-corrected chi connectivity index (χ4v) is 4.36. The van der Waals surface area contributed by atoms with Crippen LogP contribution in [-0.4, -0.2) is 40.5 Å². The van der Waals surface area contributed by atoms with E-state index in [4.69, 9.17) is 0 Å². The first kappa shape index (κ1) is 25.9. The number of amides is 1. The van der Waals surface area contributed by atoms with E-state index in [0.717, 1.165) is 16.0 Å². The van der Waals surface area contributed by atoms with Gasteiger partial charge >= 0.3 is 0 Å². The highest BCUT2D eigenvalue weighted by Crippen LogP contribution is 2.16. The average Bonchev–Trinajstić information content (AvgIpc) is 3.00. The van der Waals surface area contributed by atoms with Crippen molar-refractivity contribution in [2.45, 2.75) is 46.1 Å². The van der Waals surface area contributed by atoms with E-state index in [-0.39, 0.29) is 23.8 Å². The van der Waals surface area contributed by atoms with E-state index in [0.29, 0.717) is 22.3 Å². The van der Waals surface area contributed by atoms with Gasteiger partial charge in [0.05, 0.1) is 4.53 Å². The quantitative estimate of drug-likeness (QED) is 0.437.